The molecule has 42 heavy (non-hydrogen) atoms. The van der Waals surface area contributed by atoms with Gasteiger partial charge in [-0.05, 0) is 74.5 Å². The minimum Gasteiger partial charge on any atom is -0.337 e. The number of tetrazole rings is 1. The zero-order valence-electron chi connectivity index (χ0n) is 23.0. The van der Waals surface area contributed by atoms with Crippen molar-refractivity contribution in [3.8, 4) is 5.69 Å². The molecule has 1 amide bonds. The molecule has 4 rings (SSSR count). The summed E-state index contributed by atoms with van der Waals surface area (Å²) in [5.74, 6) is -2.61. The Labute approximate surface area is 243 Å². The van der Waals surface area contributed by atoms with Gasteiger partial charge in [0.05, 0.1) is 22.6 Å². The van der Waals surface area contributed by atoms with Crippen molar-refractivity contribution < 1.29 is 27.6 Å². The molecule has 2 aromatic carbocycles. The van der Waals surface area contributed by atoms with Gasteiger partial charge in [0.25, 0.3) is 11.7 Å². The highest BCUT2D eigenvalue weighted by molar-refractivity contribution is 6.32. The molecule has 1 atom stereocenters. The van der Waals surface area contributed by atoms with E-state index in [9.17, 15) is 27.6 Å². The van der Waals surface area contributed by atoms with Crippen LogP contribution < -0.4 is 10.6 Å². The van der Waals surface area contributed by atoms with Crippen molar-refractivity contribution in [3.05, 3.63) is 87.0 Å². The van der Waals surface area contributed by atoms with E-state index in [2.05, 4.69) is 31.1 Å². The third kappa shape index (κ3) is 6.71. The van der Waals surface area contributed by atoms with Crippen molar-refractivity contribution in [1.29, 1.82) is 0 Å². The van der Waals surface area contributed by atoms with E-state index < -0.39 is 29.9 Å². The molecule has 4 aromatic rings. The lowest BCUT2D eigenvalue weighted by Gasteiger charge is -2.17. The van der Waals surface area contributed by atoms with Gasteiger partial charge in [-0.2, -0.15) is 23.1 Å². The lowest BCUT2D eigenvalue weighted by molar-refractivity contribution is -0.145. The van der Waals surface area contributed by atoms with Gasteiger partial charge in [-0.1, -0.05) is 23.7 Å². The van der Waals surface area contributed by atoms with E-state index in [-0.39, 0.29) is 40.7 Å². The summed E-state index contributed by atoms with van der Waals surface area (Å²) in [4.78, 5) is 39.9. The van der Waals surface area contributed by atoms with Gasteiger partial charge < -0.3 is 10.6 Å². The van der Waals surface area contributed by atoms with Gasteiger partial charge in [-0.3, -0.25) is 14.4 Å². The first kappa shape index (κ1) is 30.5. The SMILES string of the molecule is CNC(C)NC(=O)c1cc(C(C)=O)cc(C)c1CC(=O)c1cc(Cn2nnc(C(F)(F)F)n2)nn1-c1ccccc1Cl. The zero-order chi connectivity index (χ0) is 30.8. The summed E-state index contributed by atoms with van der Waals surface area (Å²) >= 11 is 6.39. The fourth-order valence-electron chi connectivity index (χ4n) is 4.14. The third-order valence-electron chi connectivity index (χ3n) is 6.38. The molecule has 0 aliphatic heterocycles. The Bertz CT molecular complexity index is 1660. The van der Waals surface area contributed by atoms with Crippen molar-refractivity contribution in [2.24, 2.45) is 0 Å². The Kier molecular flexibility index (Phi) is 8.87. The van der Waals surface area contributed by atoms with Gasteiger partial charge in [-0.15, -0.1) is 10.2 Å². The van der Waals surface area contributed by atoms with Gasteiger partial charge in [0.15, 0.2) is 11.6 Å². The molecule has 0 saturated heterocycles. The molecule has 0 aliphatic rings. The number of aromatic nitrogens is 6. The molecule has 0 aliphatic carbocycles. The lowest BCUT2D eigenvalue weighted by Crippen LogP contribution is -2.41. The molecule has 2 heterocycles. The number of carbonyl (C=O) groups is 3. The van der Waals surface area contributed by atoms with Crippen LogP contribution in [0.15, 0.2) is 42.5 Å². The van der Waals surface area contributed by atoms with Crippen LogP contribution in [0.2, 0.25) is 5.02 Å². The molecule has 11 nitrogen and oxygen atoms in total. The number of nitrogens with one attached hydrogen (secondary N) is 2. The van der Waals surface area contributed by atoms with E-state index in [0.29, 0.717) is 27.2 Å². The first-order chi connectivity index (χ1) is 19.8. The monoisotopic (exact) mass is 602 g/mol. The lowest BCUT2D eigenvalue weighted by atomic mass is 9.92. The highest BCUT2D eigenvalue weighted by atomic mass is 35.5. The summed E-state index contributed by atoms with van der Waals surface area (Å²) in [5, 5.41) is 20.1. The standard InChI is InChI=1S/C27H26ClF3N8O3/c1-14-9-17(15(2)40)10-20(25(42)33-16(3)32-4)19(14)12-24(41)23-11-18(13-38-36-26(34-37-38)27(29,30)31)35-39(23)22-8-6-5-7-21(22)28/h5-11,16,32H,12-13H2,1-4H3,(H,33,42). The summed E-state index contributed by atoms with van der Waals surface area (Å²) < 4.78 is 40.2. The summed E-state index contributed by atoms with van der Waals surface area (Å²) in [6, 6.07) is 11.0. The number of hydrogen-bond donors (Lipinski definition) is 2. The summed E-state index contributed by atoms with van der Waals surface area (Å²) in [6.07, 6.45) is -5.42. The summed E-state index contributed by atoms with van der Waals surface area (Å²) in [6.45, 7) is 4.49. The molecule has 2 aromatic heterocycles. The second-order valence-electron chi connectivity index (χ2n) is 9.48. The van der Waals surface area contributed by atoms with E-state index in [1.807, 2.05) is 0 Å². The number of ketones is 2. The summed E-state index contributed by atoms with van der Waals surface area (Å²) in [5.41, 5.74) is 1.98. The van der Waals surface area contributed by atoms with Crippen LogP contribution in [0.1, 0.15) is 67.7 Å². The number of amides is 1. The topological polar surface area (TPSA) is 137 Å². The minimum atomic E-state index is -4.78. The summed E-state index contributed by atoms with van der Waals surface area (Å²) in [7, 11) is 1.67. The fraction of sp³-hybridized carbons (Fsp3) is 0.296. The second-order valence-corrected chi connectivity index (χ2v) is 9.89. The van der Waals surface area contributed by atoms with Gasteiger partial charge >= 0.3 is 6.18 Å². The Hall–Kier alpha value is -4.43. The molecule has 0 fully saturated rings. The van der Waals surface area contributed by atoms with Crippen LogP contribution in [0.5, 0.6) is 0 Å². The number of Topliss-reactive ketones (excluding diaryl/α,β-unsaturated/α-hetero) is 2. The Morgan fingerprint density at radius 3 is 2.43 bits per heavy atom. The maximum absolute atomic E-state index is 13.8. The first-order valence-corrected chi connectivity index (χ1v) is 13.0. The predicted octanol–water partition coefficient (Wildman–Crippen LogP) is 3.81. The Balaban J connectivity index is 1.76. The Morgan fingerprint density at radius 2 is 1.81 bits per heavy atom. The number of carbonyl (C=O) groups excluding carboxylic acids is 3. The number of rotatable bonds is 10. The van der Waals surface area contributed by atoms with Crippen molar-refractivity contribution in [2.75, 3.05) is 7.05 Å². The highest BCUT2D eigenvalue weighted by Crippen LogP contribution is 2.27. The largest absolute Gasteiger partial charge is 0.455 e. The van der Waals surface area contributed by atoms with E-state index in [1.165, 1.54) is 23.7 Å². The Morgan fingerprint density at radius 1 is 1.10 bits per heavy atom. The number of aryl methyl sites for hydroxylation is 1. The fourth-order valence-corrected chi connectivity index (χ4v) is 4.35. The normalized spacial score (nSPS) is 12.3. The second kappa shape index (κ2) is 12.2. The number of nitrogens with zero attached hydrogens (tertiary/aromatic N) is 6. The van der Waals surface area contributed by atoms with Gasteiger partial charge in [0.2, 0.25) is 0 Å². The van der Waals surface area contributed by atoms with Gasteiger partial charge in [-0.25, -0.2) is 4.68 Å². The zero-order valence-corrected chi connectivity index (χ0v) is 23.7. The minimum absolute atomic E-state index is 0.0549. The molecule has 15 heteroatoms. The average Bonchev–Trinajstić information content (AvgIpc) is 3.57. The number of para-hydroxylation sites is 1. The predicted molar refractivity (Wildman–Crippen MR) is 146 cm³/mol. The van der Waals surface area contributed by atoms with Crippen LogP contribution in [0, 0.1) is 6.92 Å². The average molecular weight is 603 g/mol. The maximum atomic E-state index is 13.8. The molecular weight excluding hydrogens is 577 g/mol. The number of benzene rings is 2. The van der Waals surface area contributed by atoms with Crippen molar-refractivity contribution in [3.63, 3.8) is 0 Å². The van der Waals surface area contributed by atoms with E-state index >= 15 is 0 Å². The maximum Gasteiger partial charge on any atom is 0.455 e. The van der Waals surface area contributed by atoms with Crippen LogP contribution in [-0.2, 0) is 19.1 Å². The van der Waals surface area contributed by atoms with E-state index in [1.54, 1.807) is 51.2 Å². The van der Waals surface area contributed by atoms with E-state index in [4.69, 9.17) is 11.6 Å². The van der Waals surface area contributed by atoms with Crippen LogP contribution >= 0.6 is 11.6 Å². The van der Waals surface area contributed by atoms with Gasteiger partial charge in [0.1, 0.15) is 12.2 Å². The van der Waals surface area contributed by atoms with E-state index in [0.717, 1.165) is 0 Å². The molecule has 0 saturated carbocycles. The number of hydrogen-bond acceptors (Lipinski definition) is 8. The van der Waals surface area contributed by atoms with Crippen LogP contribution in [0.25, 0.3) is 5.69 Å². The molecule has 0 spiro atoms. The molecule has 220 valence electrons. The number of alkyl halides is 3. The van der Waals surface area contributed by atoms with Crippen LogP contribution in [-0.4, -0.2) is 60.7 Å². The first-order valence-electron chi connectivity index (χ1n) is 12.6. The number of halogens is 4. The molecule has 2 N–H and O–H groups in total. The molecule has 0 bridgehead atoms. The highest BCUT2D eigenvalue weighted by Gasteiger charge is 2.37. The van der Waals surface area contributed by atoms with Crippen molar-refractivity contribution >= 4 is 29.1 Å². The molecule has 0 radical (unpaired) electrons. The van der Waals surface area contributed by atoms with Crippen LogP contribution in [0.3, 0.4) is 0 Å². The third-order valence-corrected chi connectivity index (χ3v) is 6.70. The van der Waals surface area contributed by atoms with Crippen LogP contribution in [0.4, 0.5) is 13.2 Å². The smallest absolute Gasteiger partial charge is 0.337 e. The molecule has 1 unspecified atom stereocenters. The quantitative estimate of drug-likeness (QED) is 0.207. The van der Waals surface area contributed by atoms with Gasteiger partial charge in [0, 0.05) is 17.5 Å². The van der Waals surface area contributed by atoms with Crippen molar-refractivity contribution in [2.45, 2.75) is 46.1 Å². The molecular formula is C27H26ClF3N8O3. The van der Waals surface area contributed by atoms with Crippen molar-refractivity contribution in [1.82, 2.24) is 40.6 Å².